The number of fused-ring (bicyclic) bond motifs is 1. The van der Waals surface area contributed by atoms with Gasteiger partial charge >= 0.3 is 11.7 Å². The van der Waals surface area contributed by atoms with Gasteiger partial charge in [0, 0.05) is 11.1 Å². The Labute approximate surface area is 187 Å². The van der Waals surface area contributed by atoms with Crippen LogP contribution in [0.25, 0.3) is 11.1 Å². The zero-order valence-electron chi connectivity index (χ0n) is 17.5. The summed E-state index contributed by atoms with van der Waals surface area (Å²) < 4.78 is 11.8. The van der Waals surface area contributed by atoms with Gasteiger partial charge in [0.2, 0.25) is 5.91 Å². The van der Waals surface area contributed by atoms with E-state index in [1.54, 1.807) is 36.6 Å². The average molecular weight is 452 g/mol. The first-order valence-corrected chi connectivity index (χ1v) is 10.9. The molecule has 0 spiro atoms. The number of hydrogen-bond donors (Lipinski definition) is 1. The van der Waals surface area contributed by atoms with E-state index >= 15 is 0 Å². The number of nitrogens with one attached hydrogen (secondary N) is 1. The standard InChI is InChI=1S/C23H21N3O5S/c1-14-7-3-4-8-17(14)25-20(27)11-21-24-16(13-32-21)12-30-22(28)15(2)26-18-9-5-6-10-19(18)31-23(26)29/h3-10,13,15H,11-12H2,1-2H3,(H,25,27). The van der Waals surface area contributed by atoms with Crippen molar-refractivity contribution in [3.8, 4) is 0 Å². The van der Waals surface area contributed by atoms with Gasteiger partial charge in [-0.05, 0) is 37.6 Å². The largest absolute Gasteiger partial charge is 0.458 e. The van der Waals surface area contributed by atoms with Gasteiger partial charge in [0.15, 0.2) is 5.58 Å². The summed E-state index contributed by atoms with van der Waals surface area (Å²) in [5.41, 5.74) is 3.21. The average Bonchev–Trinajstić information content (AvgIpc) is 3.36. The molecule has 164 valence electrons. The SMILES string of the molecule is Cc1ccccc1NC(=O)Cc1nc(COC(=O)C(C)n2c(=O)oc3ccccc32)cs1. The number of oxazole rings is 1. The Kier molecular flexibility index (Phi) is 6.18. The van der Waals surface area contributed by atoms with Gasteiger partial charge in [0.1, 0.15) is 17.7 Å². The van der Waals surface area contributed by atoms with Crippen molar-refractivity contribution < 1.29 is 18.7 Å². The number of aryl methyl sites for hydroxylation is 1. The molecular weight excluding hydrogens is 430 g/mol. The number of ether oxygens (including phenoxy) is 1. The molecule has 2 heterocycles. The number of nitrogens with zero attached hydrogens (tertiary/aromatic N) is 2. The molecule has 8 nitrogen and oxygen atoms in total. The van der Waals surface area contributed by atoms with Crippen molar-refractivity contribution in [2.75, 3.05) is 5.32 Å². The fraction of sp³-hybridized carbons (Fsp3) is 0.217. The third kappa shape index (κ3) is 4.62. The minimum Gasteiger partial charge on any atom is -0.458 e. The van der Waals surface area contributed by atoms with Crippen molar-refractivity contribution in [1.82, 2.24) is 9.55 Å². The molecule has 9 heteroatoms. The van der Waals surface area contributed by atoms with Crippen LogP contribution in [0.3, 0.4) is 0 Å². The highest BCUT2D eigenvalue weighted by Crippen LogP contribution is 2.19. The molecule has 32 heavy (non-hydrogen) atoms. The molecule has 0 aliphatic heterocycles. The summed E-state index contributed by atoms with van der Waals surface area (Å²) >= 11 is 1.32. The number of thiazole rings is 1. The van der Waals surface area contributed by atoms with Crippen LogP contribution >= 0.6 is 11.3 Å². The Balaban J connectivity index is 1.35. The zero-order valence-corrected chi connectivity index (χ0v) is 18.3. The van der Waals surface area contributed by atoms with Crippen molar-refractivity contribution in [3.63, 3.8) is 0 Å². The molecule has 0 fully saturated rings. The number of carbonyl (C=O) groups excluding carboxylic acids is 2. The number of aromatic nitrogens is 2. The van der Waals surface area contributed by atoms with Crippen LogP contribution in [-0.4, -0.2) is 21.4 Å². The van der Waals surface area contributed by atoms with Gasteiger partial charge < -0.3 is 14.5 Å². The number of benzene rings is 2. The highest BCUT2D eigenvalue weighted by Gasteiger charge is 2.23. The third-order valence-corrected chi connectivity index (χ3v) is 5.84. The van der Waals surface area contributed by atoms with Gasteiger partial charge in [-0.25, -0.2) is 14.6 Å². The Morgan fingerprint density at radius 1 is 1.19 bits per heavy atom. The zero-order chi connectivity index (χ0) is 22.7. The van der Waals surface area contributed by atoms with Crippen molar-refractivity contribution in [1.29, 1.82) is 0 Å². The van der Waals surface area contributed by atoms with Gasteiger partial charge in [-0.3, -0.25) is 9.36 Å². The van der Waals surface area contributed by atoms with Crippen molar-refractivity contribution in [2.24, 2.45) is 0 Å². The molecular formula is C23H21N3O5S. The highest BCUT2D eigenvalue weighted by atomic mass is 32.1. The molecule has 4 aromatic rings. The van der Waals surface area contributed by atoms with E-state index in [1.165, 1.54) is 15.9 Å². The molecule has 0 aliphatic carbocycles. The Morgan fingerprint density at radius 2 is 1.94 bits per heavy atom. The van der Waals surface area contributed by atoms with Crippen LogP contribution < -0.4 is 11.1 Å². The molecule has 0 bridgehead atoms. The topological polar surface area (TPSA) is 103 Å². The number of esters is 1. The predicted octanol–water partition coefficient (Wildman–Crippen LogP) is 3.85. The molecule has 4 rings (SSSR count). The van der Waals surface area contributed by atoms with Gasteiger partial charge in [-0.15, -0.1) is 11.3 Å². The number of anilines is 1. The molecule has 1 unspecified atom stereocenters. The van der Waals surface area contributed by atoms with E-state index in [0.29, 0.717) is 21.8 Å². The van der Waals surface area contributed by atoms with E-state index in [9.17, 15) is 14.4 Å². The van der Waals surface area contributed by atoms with Crippen LogP contribution in [0.5, 0.6) is 0 Å². The van der Waals surface area contributed by atoms with E-state index < -0.39 is 17.8 Å². The summed E-state index contributed by atoms with van der Waals surface area (Å²) in [6.45, 7) is 3.45. The molecule has 2 aromatic carbocycles. The lowest BCUT2D eigenvalue weighted by molar-refractivity contribution is -0.148. The Morgan fingerprint density at radius 3 is 2.75 bits per heavy atom. The maximum Gasteiger partial charge on any atom is 0.420 e. The van der Waals surface area contributed by atoms with E-state index in [4.69, 9.17) is 9.15 Å². The Hall–Kier alpha value is -3.72. The summed E-state index contributed by atoms with van der Waals surface area (Å²) in [6, 6.07) is 13.6. The van der Waals surface area contributed by atoms with Crippen molar-refractivity contribution >= 4 is 40.0 Å². The first-order valence-electron chi connectivity index (χ1n) is 9.98. The van der Waals surface area contributed by atoms with Gasteiger partial charge in [0.05, 0.1) is 17.6 Å². The number of rotatable bonds is 7. The molecule has 1 N–H and O–H groups in total. The van der Waals surface area contributed by atoms with Crippen LogP contribution in [0, 0.1) is 6.92 Å². The van der Waals surface area contributed by atoms with E-state index in [-0.39, 0.29) is 18.9 Å². The summed E-state index contributed by atoms with van der Waals surface area (Å²) in [4.78, 5) is 41.3. The first kappa shape index (κ1) is 21.5. The second-order valence-electron chi connectivity index (χ2n) is 7.26. The number of carbonyl (C=O) groups is 2. The lowest BCUT2D eigenvalue weighted by Crippen LogP contribution is -2.26. The molecule has 0 saturated heterocycles. The summed E-state index contributed by atoms with van der Waals surface area (Å²) in [5, 5.41) is 5.23. The molecule has 1 atom stereocenters. The highest BCUT2D eigenvalue weighted by molar-refractivity contribution is 7.09. The lowest BCUT2D eigenvalue weighted by atomic mass is 10.2. The van der Waals surface area contributed by atoms with Crippen LogP contribution in [0.15, 0.2) is 63.1 Å². The maximum atomic E-state index is 12.5. The third-order valence-electron chi connectivity index (χ3n) is 4.94. The van der Waals surface area contributed by atoms with Crippen LogP contribution in [0.4, 0.5) is 5.69 Å². The predicted molar refractivity (Wildman–Crippen MR) is 121 cm³/mol. The van der Waals surface area contributed by atoms with E-state index in [0.717, 1.165) is 11.3 Å². The van der Waals surface area contributed by atoms with Gasteiger partial charge in [-0.2, -0.15) is 0 Å². The molecule has 0 radical (unpaired) electrons. The monoisotopic (exact) mass is 451 g/mol. The second-order valence-corrected chi connectivity index (χ2v) is 8.20. The van der Waals surface area contributed by atoms with Crippen LogP contribution in [-0.2, 0) is 27.4 Å². The summed E-state index contributed by atoms with van der Waals surface area (Å²) in [6.07, 6.45) is 0.125. The lowest BCUT2D eigenvalue weighted by Gasteiger charge is -2.11. The number of para-hydroxylation sites is 3. The van der Waals surface area contributed by atoms with Crippen molar-refractivity contribution in [3.05, 3.63) is 80.7 Å². The number of amides is 1. The normalized spacial score (nSPS) is 11.9. The maximum absolute atomic E-state index is 12.5. The molecule has 0 saturated carbocycles. The minimum atomic E-state index is -0.857. The van der Waals surface area contributed by atoms with Gasteiger partial charge in [0.25, 0.3) is 0 Å². The molecule has 0 aliphatic rings. The second kappa shape index (κ2) is 9.19. The van der Waals surface area contributed by atoms with E-state index in [1.807, 2.05) is 31.2 Å². The summed E-state index contributed by atoms with van der Waals surface area (Å²) in [7, 11) is 0. The van der Waals surface area contributed by atoms with Crippen LogP contribution in [0.2, 0.25) is 0 Å². The molecule has 2 aromatic heterocycles. The fourth-order valence-electron chi connectivity index (χ4n) is 3.26. The minimum absolute atomic E-state index is 0.0520. The smallest absolute Gasteiger partial charge is 0.420 e. The number of hydrogen-bond acceptors (Lipinski definition) is 7. The van der Waals surface area contributed by atoms with Crippen LogP contribution in [0.1, 0.15) is 29.2 Å². The van der Waals surface area contributed by atoms with Crippen molar-refractivity contribution in [2.45, 2.75) is 32.9 Å². The molecule has 1 amide bonds. The van der Waals surface area contributed by atoms with Gasteiger partial charge in [-0.1, -0.05) is 30.3 Å². The quantitative estimate of drug-likeness (QED) is 0.428. The van der Waals surface area contributed by atoms with E-state index in [2.05, 4.69) is 10.3 Å². The first-order chi connectivity index (χ1) is 15.4. The summed E-state index contributed by atoms with van der Waals surface area (Å²) in [5.74, 6) is -1.37. The Bertz CT molecular complexity index is 1340. The fourth-order valence-corrected chi connectivity index (χ4v) is 4.04.